The van der Waals surface area contributed by atoms with Gasteiger partial charge in [-0.15, -0.1) is 0 Å². The van der Waals surface area contributed by atoms with Crippen LogP contribution in [0.5, 0.6) is 0 Å². The Morgan fingerprint density at radius 2 is 1.24 bits per heavy atom. The highest BCUT2D eigenvalue weighted by Gasteiger charge is 2.42. The number of nitrogens with one attached hydrogen (secondary N) is 1. The van der Waals surface area contributed by atoms with Gasteiger partial charge in [0.1, 0.15) is 0 Å². The molecule has 0 saturated heterocycles. The highest BCUT2D eigenvalue weighted by Crippen LogP contribution is 2.37. The Labute approximate surface area is 135 Å². The first-order valence-electron chi connectivity index (χ1n) is 7.56. The van der Waals surface area contributed by atoms with E-state index in [4.69, 9.17) is 4.78 Å². The van der Waals surface area contributed by atoms with Crippen molar-refractivity contribution in [1.82, 2.24) is 0 Å². The van der Waals surface area contributed by atoms with Gasteiger partial charge in [0.25, 0.3) is 0 Å². The summed E-state index contributed by atoms with van der Waals surface area (Å²) in [5.74, 6) is 0. The Balaban J connectivity index is 5.23. The molecule has 0 aliphatic rings. The quantitative estimate of drug-likeness (QED) is 0.789. The van der Waals surface area contributed by atoms with Crippen LogP contribution in [-0.4, -0.2) is 27.4 Å². The van der Waals surface area contributed by atoms with E-state index in [2.05, 4.69) is 0 Å². The maximum Gasteiger partial charge on any atom is 0.0544 e. The van der Waals surface area contributed by atoms with Gasteiger partial charge in [0, 0.05) is 29.8 Å². The first kappa shape index (κ1) is 21.1. The molecule has 0 bridgehead atoms. The van der Waals surface area contributed by atoms with Crippen LogP contribution in [0.1, 0.15) is 82.1 Å². The van der Waals surface area contributed by atoms with E-state index in [0.29, 0.717) is 12.8 Å². The molecule has 0 heterocycles. The van der Waals surface area contributed by atoms with Gasteiger partial charge in [-0.05, 0) is 82.1 Å². The molecule has 0 spiro atoms. The highest BCUT2D eigenvalue weighted by atomic mass is 32.2. The van der Waals surface area contributed by atoms with E-state index in [1.807, 2.05) is 69.2 Å². The number of hydrogen-bond donors (Lipinski definition) is 1. The van der Waals surface area contributed by atoms with Crippen molar-refractivity contribution in [3.05, 3.63) is 0 Å². The minimum atomic E-state index is -2.76. The van der Waals surface area contributed by atoms with Gasteiger partial charge in [-0.3, -0.25) is 8.99 Å². The average Bonchev–Trinajstić information content (AvgIpc) is 2.22. The maximum atomic E-state index is 12.9. The maximum absolute atomic E-state index is 12.9. The molecule has 21 heavy (non-hydrogen) atoms. The van der Waals surface area contributed by atoms with Crippen LogP contribution in [0.3, 0.4) is 0 Å². The molecule has 0 aliphatic heterocycles. The van der Waals surface area contributed by atoms with Crippen molar-refractivity contribution in [2.45, 2.75) is 101 Å². The largest absolute Gasteiger partial charge is 0.258 e. The first-order chi connectivity index (χ1) is 8.86. The van der Waals surface area contributed by atoms with Crippen LogP contribution in [0, 0.1) is 4.78 Å². The topological polar surface area (TPSA) is 58.0 Å². The summed E-state index contributed by atoms with van der Waals surface area (Å²) in [6.45, 7) is 19.4. The fourth-order valence-corrected chi connectivity index (χ4v) is 6.49. The predicted molar refractivity (Wildman–Crippen MR) is 95.9 cm³/mol. The van der Waals surface area contributed by atoms with Gasteiger partial charge >= 0.3 is 0 Å². The monoisotopic (exact) mass is 337 g/mol. The van der Waals surface area contributed by atoms with Gasteiger partial charge in [-0.25, -0.2) is 4.21 Å². The Bertz CT molecular complexity index is 489. The summed E-state index contributed by atoms with van der Waals surface area (Å²) in [5.41, 5.74) is 0. The summed E-state index contributed by atoms with van der Waals surface area (Å²) in [6.07, 6.45) is 1.34. The zero-order valence-electron chi connectivity index (χ0n) is 15.5. The van der Waals surface area contributed by atoms with E-state index in [1.54, 1.807) is 0 Å². The molecule has 0 radical (unpaired) electrons. The normalized spacial score (nSPS) is 19.1. The lowest BCUT2D eigenvalue weighted by Gasteiger charge is -2.39. The highest BCUT2D eigenvalue weighted by molar-refractivity contribution is 7.95. The van der Waals surface area contributed by atoms with E-state index in [1.165, 1.54) is 0 Å². The molecule has 0 aromatic rings. The Morgan fingerprint density at radius 1 is 0.857 bits per heavy atom. The Morgan fingerprint density at radius 3 is 1.52 bits per heavy atom. The second-order valence-corrected chi connectivity index (χ2v) is 15.4. The molecule has 0 aromatic heterocycles. The van der Waals surface area contributed by atoms with Crippen molar-refractivity contribution in [3.8, 4) is 0 Å². The zero-order chi connectivity index (χ0) is 17.5. The molecular formula is C16H35NO2S2. The molecule has 2 atom stereocenters. The van der Waals surface area contributed by atoms with Crippen molar-refractivity contribution < 1.29 is 8.42 Å². The van der Waals surface area contributed by atoms with E-state index < -0.39 is 30.0 Å². The van der Waals surface area contributed by atoms with E-state index in [-0.39, 0.29) is 9.49 Å². The SMILES string of the molecule is CC(C)(C)S(=O)C(C)(C)CCC(C)(C)S(=N)(=O)C(C)(C)C. The standard InChI is InChI=1S/C16H35NO2S2/c1-13(2,3)20(18)15(7,8)11-12-16(9,10)21(17,19)14(4,5)6/h17H,11-12H2,1-10H3. The molecule has 5 heteroatoms. The number of rotatable bonds is 5. The zero-order valence-corrected chi connectivity index (χ0v) is 17.2. The van der Waals surface area contributed by atoms with Crippen LogP contribution in [0.2, 0.25) is 0 Å². The van der Waals surface area contributed by atoms with Crippen molar-refractivity contribution >= 4 is 20.5 Å². The Hall–Kier alpha value is 0.1000. The summed E-state index contributed by atoms with van der Waals surface area (Å²) in [6, 6.07) is 0. The van der Waals surface area contributed by atoms with Crippen molar-refractivity contribution in [2.24, 2.45) is 0 Å². The lowest BCUT2D eigenvalue weighted by molar-refractivity contribution is 0.485. The first-order valence-corrected chi connectivity index (χ1v) is 10.3. The summed E-state index contributed by atoms with van der Waals surface area (Å²) < 4.78 is 32.2. The van der Waals surface area contributed by atoms with E-state index in [0.717, 1.165) is 0 Å². The summed E-state index contributed by atoms with van der Waals surface area (Å²) in [5, 5.41) is 0. The van der Waals surface area contributed by atoms with Crippen LogP contribution < -0.4 is 0 Å². The van der Waals surface area contributed by atoms with Gasteiger partial charge in [0.05, 0.1) is 9.73 Å². The lowest BCUT2D eigenvalue weighted by atomic mass is 9.99. The molecular weight excluding hydrogens is 302 g/mol. The van der Waals surface area contributed by atoms with Crippen LogP contribution >= 0.6 is 0 Å². The molecule has 0 fully saturated rings. The molecule has 0 saturated carbocycles. The summed E-state index contributed by atoms with van der Waals surface area (Å²) in [4.78, 5) is 0. The third-order valence-corrected chi connectivity index (χ3v) is 9.83. The van der Waals surface area contributed by atoms with Crippen molar-refractivity contribution in [3.63, 3.8) is 0 Å². The predicted octanol–water partition coefficient (Wildman–Crippen LogP) is 4.72. The van der Waals surface area contributed by atoms with Gasteiger partial charge in [0.15, 0.2) is 0 Å². The number of hydrogen-bond acceptors (Lipinski definition) is 3. The van der Waals surface area contributed by atoms with Crippen LogP contribution in [0.4, 0.5) is 0 Å². The summed E-state index contributed by atoms with van der Waals surface area (Å²) in [7, 11) is -3.74. The van der Waals surface area contributed by atoms with E-state index in [9.17, 15) is 8.42 Å². The van der Waals surface area contributed by atoms with Gasteiger partial charge in [-0.1, -0.05) is 0 Å². The fraction of sp³-hybridized carbons (Fsp3) is 1.00. The Kier molecular flexibility index (Phi) is 5.98. The molecule has 0 amide bonds. The molecule has 0 rings (SSSR count). The van der Waals surface area contributed by atoms with E-state index >= 15 is 0 Å². The molecule has 3 nitrogen and oxygen atoms in total. The third kappa shape index (κ3) is 4.78. The molecule has 0 aliphatic carbocycles. The fourth-order valence-electron chi connectivity index (χ4n) is 2.50. The molecule has 1 N–H and O–H groups in total. The lowest BCUT2D eigenvalue weighted by Crippen LogP contribution is -2.45. The molecule has 0 aromatic carbocycles. The van der Waals surface area contributed by atoms with Crippen molar-refractivity contribution in [2.75, 3.05) is 0 Å². The van der Waals surface area contributed by atoms with Crippen LogP contribution in [-0.2, 0) is 20.5 Å². The molecule has 2 unspecified atom stereocenters. The summed E-state index contributed by atoms with van der Waals surface area (Å²) >= 11 is 0. The second kappa shape index (κ2) is 5.95. The second-order valence-electron chi connectivity index (χ2n) is 9.07. The smallest absolute Gasteiger partial charge is 0.0544 e. The van der Waals surface area contributed by atoms with Gasteiger partial charge < -0.3 is 0 Å². The average molecular weight is 338 g/mol. The van der Waals surface area contributed by atoms with Crippen molar-refractivity contribution in [1.29, 1.82) is 4.78 Å². The van der Waals surface area contributed by atoms with Gasteiger partial charge in [-0.2, -0.15) is 0 Å². The minimum absolute atomic E-state index is 0.264. The minimum Gasteiger partial charge on any atom is -0.258 e. The van der Waals surface area contributed by atoms with Crippen LogP contribution in [0.15, 0.2) is 0 Å². The van der Waals surface area contributed by atoms with Crippen LogP contribution in [0.25, 0.3) is 0 Å². The molecule has 128 valence electrons. The van der Waals surface area contributed by atoms with Gasteiger partial charge in [0.2, 0.25) is 0 Å². The third-order valence-electron chi connectivity index (χ3n) is 4.03.